The number of rotatable bonds is 5. The Bertz CT molecular complexity index is 647. The van der Waals surface area contributed by atoms with Gasteiger partial charge in [0.15, 0.2) is 6.10 Å². The minimum atomic E-state index is -1.11. The fourth-order valence-electron chi connectivity index (χ4n) is 2.53. The predicted octanol–water partition coefficient (Wildman–Crippen LogP) is 1.41. The molecule has 2 rings (SSSR count). The Kier molecular flexibility index (Phi) is 6.39. The third kappa shape index (κ3) is 4.93. The largest absolute Gasteiger partial charge is 0.479 e. The average molecular weight is 369 g/mol. The van der Waals surface area contributed by atoms with Crippen molar-refractivity contribution in [1.82, 2.24) is 10.2 Å². The maximum absolute atomic E-state index is 12.8. The van der Waals surface area contributed by atoms with Gasteiger partial charge in [0.25, 0.3) is 5.91 Å². The summed E-state index contributed by atoms with van der Waals surface area (Å²) in [5.74, 6) is -1.96. The quantitative estimate of drug-likeness (QED) is 0.819. The van der Waals surface area contributed by atoms with Crippen molar-refractivity contribution in [3.63, 3.8) is 0 Å². The van der Waals surface area contributed by atoms with E-state index in [0.29, 0.717) is 17.1 Å². The molecule has 25 heavy (non-hydrogen) atoms. The van der Waals surface area contributed by atoms with Crippen LogP contribution in [0.3, 0.4) is 0 Å². The number of carbonyl (C=O) groups is 3. The Labute approximate surface area is 150 Å². The van der Waals surface area contributed by atoms with Gasteiger partial charge in [-0.15, -0.1) is 0 Å². The van der Waals surface area contributed by atoms with E-state index in [0.717, 1.165) is 0 Å². The summed E-state index contributed by atoms with van der Waals surface area (Å²) in [7, 11) is 0. The molecule has 2 amide bonds. The fourth-order valence-corrected chi connectivity index (χ4v) is 2.66. The van der Waals surface area contributed by atoms with E-state index in [2.05, 4.69) is 5.32 Å². The number of aliphatic carboxylic acids is 1. The molecule has 2 N–H and O–H groups in total. The fraction of sp³-hybridized carbons (Fsp3) is 0.471. The Balaban J connectivity index is 2.08. The van der Waals surface area contributed by atoms with Crippen LogP contribution in [-0.4, -0.2) is 59.6 Å². The normalized spacial score (nSPS) is 18.7. The first-order chi connectivity index (χ1) is 11.8. The highest BCUT2D eigenvalue weighted by Gasteiger charge is 2.34. The minimum absolute atomic E-state index is 0.0335. The lowest BCUT2D eigenvalue weighted by Gasteiger charge is -2.34. The molecule has 1 aromatic rings. The summed E-state index contributed by atoms with van der Waals surface area (Å²) in [6.07, 6.45) is -1.04. The van der Waals surface area contributed by atoms with Gasteiger partial charge in [-0.05, 0) is 30.2 Å². The van der Waals surface area contributed by atoms with Crippen LogP contribution in [0.15, 0.2) is 24.3 Å². The summed E-state index contributed by atoms with van der Waals surface area (Å²) < 4.78 is 5.13. The number of nitrogens with zero attached hydrogens (tertiary/aromatic N) is 1. The third-order valence-electron chi connectivity index (χ3n) is 3.98. The van der Waals surface area contributed by atoms with Crippen molar-refractivity contribution in [2.24, 2.45) is 5.92 Å². The maximum Gasteiger partial charge on any atom is 0.334 e. The molecule has 0 radical (unpaired) electrons. The lowest BCUT2D eigenvalue weighted by Crippen LogP contribution is -2.56. The predicted molar refractivity (Wildman–Crippen MR) is 91.5 cm³/mol. The smallest absolute Gasteiger partial charge is 0.334 e. The molecule has 1 aliphatic rings. The van der Waals surface area contributed by atoms with Crippen LogP contribution in [0.4, 0.5) is 0 Å². The molecule has 0 aliphatic carbocycles. The summed E-state index contributed by atoms with van der Waals surface area (Å²) in [6, 6.07) is 5.60. The number of amides is 2. The van der Waals surface area contributed by atoms with Crippen molar-refractivity contribution in [2.75, 3.05) is 19.7 Å². The van der Waals surface area contributed by atoms with E-state index in [9.17, 15) is 14.4 Å². The lowest BCUT2D eigenvalue weighted by molar-refractivity contribution is -0.160. The van der Waals surface area contributed by atoms with E-state index in [1.807, 2.05) is 13.8 Å². The van der Waals surface area contributed by atoms with E-state index in [-0.39, 0.29) is 30.9 Å². The molecule has 1 fully saturated rings. The highest BCUT2D eigenvalue weighted by atomic mass is 35.5. The van der Waals surface area contributed by atoms with Gasteiger partial charge >= 0.3 is 5.97 Å². The number of carboxylic acid groups (broad SMARTS) is 1. The van der Waals surface area contributed by atoms with Crippen molar-refractivity contribution >= 4 is 29.4 Å². The van der Waals surface area contributed by atoms with E-state index >= 15 is 0 Å². The highest BCUT2D eigenvalue weighted by molar-refractivity contribution is 6.30. The van der Waals surface area contributed by atoms with Crippen LogP contribution in [0.5, 0.6) is 0 Å². The van der Waals surface area contributed by atoms with Gasteiger partial charge in [-0.25, -0.2) is 4.79 Å². The number of nitrogens with one attached hydrogen (secondary N) is 1. The van der Waals surface area contributed by atoms with E-state index < -0.39 is 18.1 Å². The van der Waals surface area contributed by atoms with Gasteiger partial charge in [0, 0.05) is 17.1 Å². The number of ether oxygens (including phenoxy) is 1. The molecule has 0 spiro atoms. The molecule has 0 aromatic heterocycles. The van der Waals surface area contributed by atoms with Crippen molar-refractivity contribution in [3.05, 3.63) is 34.9 Å². The number of morpholine rings is 1. The Morgan fingerprint density at radius 3 is 2.48 bits per heavy atom. The van der Waals surface area contributed by atoms with Gasteiger partial charge in [-0.1, -0.05) is 25.4 Å². The molecule has 2 atom stereocenters. The Morgan fingerprint density at radius 1 is 1.28 bits per heavy atom. The third-order valence-corrected chi connectivity index (χ3v) is 4.23. The number of halogens is 1. The first kappa shape index (κ1) is 19.2. The molecule has 136 valence electrons. The molecule has 1 aromatic carbocycles. The van der Waals surface area contributed by atoms with Gasteiger partial charge < -0.3 is 20.1 Å². The zero-order valence-electron chi connectivity index (χ0n) is 14.1. The second kappa shape index (κ2) is 8.31. The van der Waals surface area contributed by atoms with E-state index in [1.54, 1.807) is 24.3 Å². The van der Waals surface area contributed by atoms with Gasteiger partial charge in [-0.2, -0.15) is 0 Å². The molecular formula is C17H21ClN2O5. The standard InChI is InChI=1S/C17H21ClN2O5/c1-10(2)14(19-15(21)11-3-5-12(18)6-4-11)16(22)20-7-8-25-13(9-20)17(23)24/h3-6,10,13-14H,7-9H2,1-2H3,(H,19,21)(H,23,24). The topological polar surface area (TPSA) is 95.9 Å². The van der Waals surface area contributed by atoms with E-state index in [1.165, 1.54) is 4.90 Å². The first-order valence-corrected chi connectivity index (χ1v) is 8.37. The van der Waals surface area contributed by atoms with Gasteiger partial charge in [-0.3, -0.25) is 9.59 Å². The molecule has 1 saturated heterocycles. The number of benzene rings is 1. The van der Waals surface area contributed by atoms with Crippen molar-refractivity contribution in [2.45, 2.75) is 26.0 Å². The molecule has 2 unspecified atom stereocenters. The Hall–Kier alpha value is -2.12. The molecule has 0 bridgehead atoms. The number of carbonyl (C=O) groups excluding carboxylic acids is 2. The van der Waals surface area contributed by atoms with Crippen molar-refractivity contribution in [1.29, 1.82) is 0 Å². The van der Waals surface area contributed by atoms with Gasteiger partial charge in [0.1, 0.15) is 6.04 Å². The van der Waals surface area contributed by atoms with Crippen molar-refractivity contribution in [3.8, 4) is 0 Å². The number of hydrogen-bond donors (Lipinski definition) is 2. The van der Waals surface area contributed by atoms with Crippen LogP contribution in [0.2, 0.25) is 5.02 Å². The monoisotopic (exact) mass is 368 g/mol. The maximum atomic E-state index is 12.8. The molecular weight excluding hydrogens is 348 g/mol. The molecule has 7 nitrogen and oxygen atoms in total. The van der Waals surface area contributed by atoms with Crippen LogP contribution in [0.1, 0.15) is 24.2 Å². The zero-order valence-corrected chi connectivity index (χ0v) is 14.8. The molecule has 8 heteroatoms. The SMILES string of the molecule is CC(C)C(NC(=O)c1ccc(Cl)cc1)C(=O)N1CCOC(C(=O)O)C1. The first-order valence-electron chi connectivity index (χ1n) is 7.99. The van der Waals surface area contributed by atoms with Gasteiger partial charge in [0.05, 0.1) is 13.2 Å². The lowest BCUT2D eigenvalue weighted by atomic mass is 10.0. The minimum Gasteiger partial charge on any atom is -0.479 e. The van der Waals surface area contributed by atoms with Crippen LogP contribution >= 0.6 is 11.6 Å². The summed E-state index contributed by atoms with van der Waals surface area (Å²) in [5, 5.41) is 12.3. The molecule has 0 saturated carbocycles. The van der Waals surface area contributed by atoms with Crippen LogP contribution < -0.4 is 5.32 Å². The second-order valence-corrected chi connectivity index (χ2v) is 6.62. The van der Waals surface area contributed by atoms with Crippen LogP contribution in [0.25, 0.3) is 0 Å². The molecule has 1 heterocycles. The summed E-state index contributed by atoms with van der Waals surface area (Å²) in [4.78, 5) is 37.7. The highest BCUT2D eigenvalue weighted by Crippen LogP contribution is 2.14. The second-order valence-electron chi connectivity index (χ2n) is 6.18. The summed E-state index contributed by atoms with van der Waals surface area (Å²) in [6.45, 7) is 4.05. The Morgan fingerprint density at radius 2 is 1.92 bits per heavy atom. The molecule has 1 aliphatic heterocycles. The number of hydrogen-bond acceptors (Lipinski definition) is 4. The van der Waals surface area contributed by atoms with Crippen molar-refractivity contribution < 1.29 is 24.2 Å². The van der Waals surface area contributed by atoms with Crippen LogP contribution in [-0.2, 0) is 14.3 Å². The average Bonchev–Trinajstić information content (AvgIpc) is 2.59. The zero-order chi connectivity index (χ0) is 18.6. The van der Waals surface area contributed by atoms with Crippen LogP contribution in [0, 0.1) is 5.92 Å². The summed E-state index contributed by atoms with van der Waals surface area (Å²) in [5.41, 5.74) is 0.397. The number of carboxylic acids is 1. The van der Waals surface area contributed by atoms with E-state index in [4.69, 9.17) is 21.4 Å². The summed E-state index contributed by atoms with van der Waals surface area (Å²) >= 11 is 5.81. The van der Waals surface area contributed by atoms with Gasteiger partial charge in [0.2, 0.25) is 5.91 Å².